The van der Waals surface area contributed by atoms with E-state index < -0.39 is 11.3 Å². The molecule has 5 N–H and O–H groups in total. The highest BCUT2D eigenvalue weighted by Crippen LogP contribution is 2.47. The molecular formula is C12H22N4O3. The van der Waals surface area contributed by atoms with Crippen molar-refractivity contribution in [1.29, 1.82) is 0 Å². The highest BCUT2D eigenvalue weighted by molar-refractivity contribution is 6.08. The van der Waals surface area contributed by atoms with Crippen molar-refractivity contribution in [3.63, 3.8) is 0 Å². The Balaban J connectivity index is 3.02. The highest BCUT2D eigenvalue weighted by Gasteiger charge is 2.54. The zero-order valence-corrected chi connectivity index (χ0v) is 11.6. The molecule has 108 valence electrons. The summed E-state index contributed by atoms with van der Waals surface area (Å²) in [5, 5.41) is 11.9. The number of hydrogen-bond acceptors (Lipinski definition) is 4. The Bertz CT molecular complexity index is 400. The number of carbonyl (C=O) groups is 2. The Kier molecular flexibility index (Phi) is 4.39. The van der Waals surface area contributed by atoms with Crippen LogP contribution in [0.25, 0.3) is 0 Å². The molecule has 7 heteroatoms. The molecule has 0 radical (unpaired) electrons. The zero-order valence-electron chi connectivity index (χ0n) is 11.6. The number of nitrogens with zero attached hydrogens (tertiary/aromatic N) is 2. The summed E-state index contributed by atoms with van der Waals surface area (Å²) in [4.78, 5) is 25.1. The Morgan fingerprint density at radius 2 is 1.95 bits per heavy atom. The first-order valence-electron chi connectivity index (χ1n) is 6.32. The molecule has 0 aromatic heterocycles. The molecule has 1 aliphatic carbocycles. The molecule has 1 fully saturated rings. The molecule has 1 aliphatic rings. The van der Waals surface area contributed by atoms with Crippen LogP contribution in [0.1, 0.15) is 33.6 Å². The molecule has 2 amide bonds. The second-order valence-corrected chi connectivity index (χ2v) is 5.57. The second kappa shape index (κ2) is 5.46. The molecule has 0 spiro atoms. The quantitative estimate of drug-likeness (QED) is 0.279. The summed E-state index contributed by atoms with van der Waals surface area (Å²) in [7, 11) is 0. The average Bonchev–Trinajstić information content (AvgIpc) is 2.29. The van der Waals surface area contributed by atoms with Crippen molar-refractivity contribution >= 4 is 17.6 Å². The number of amides is 2. The second-order valence-electron chi connectivity index (χ2n) is 5.57. The summed E-state index contributed by atoms with van der Waals surface area (Å²) in [6.45, 7) is 5.42. The molecule has 0 aromatic carbocycles. The van der Waals surface area contributed by atoms with Crippen LogP contribution < -0.4 is 11.5 Å². The lowest BCUT2D eigenvalue weighted by molar-refractivity contribution is -0.148. The van der Waals surface area contributed by atoms with E-state index in [1.807, 2.05) is 6.92 Å². The third-order valence-corrected chi connectivity index (χ3v) is 3.61. The Morgan fingerprint density at radius 3 is 2.26 bits per heavy atom. The van der Waals surface area contributed by atoms with E-state index in [4.69, 9.17) is 16.7 Å². The van der Waals surface area contributed by atoms with E-state index in [-0.39, 0.29) is 24.3 Å². The number of carbonyl (C=O) groups excluding carboxylic acids is 2. The van der Waals surface area contributed by atoms with Gasteiger partial charge < -0.3 is 21.6 Å². The molecule has 1 saturated carbocycles. The van der Waals surface area contributed by atoms with Crippen molar-refractivity contribution in [2.45, 2.75) is 39.7 Å². The van der Waals surface area contributed by atoms with Gasteiger partial charge in [-0.05, 0) is 32.6 Å². The van der Waals surface area contributed by atoms with Gasteiger partial charge in [-0.3, -0.25) is 9.59 Å². The SMILES string of the molecule is CC1CC(C(=O)N(CC(N)=O)C(C)C)(C(N)=NO)C1. The topological polar surface area (TPSA) is 122 Å². The van der Waals surface area contributed by atoms with Crippen LogP contribution >= 0.6 is 0 Å². The Hall–Kier alpha value is -1.79. The summed E-state index contributed by atoms with van der Waals surface area (Å²) < 4.78 is 0. The molecule has 0 aromatic rings. The third kappa shape index (κ3) is 2.80. The maximum absolute atomic E-state index is 12.6. The van der Waals surface area contributed by atoms with Gasteiger partial charge in [-0.1, -0.05) is 12.1 Å². The number of oxime groups is 1. The number of hydrogen-bond donors (Lipinski definition) is 3. The lowest BCUT2D eigenvalue weighted by Gasteiger charge is -2.46. The first kappa shape index (κ1) is 15.3. The number of primary amides is 1. The fourth-order valence-electron chi connectivity index (χ4n) is 2.65. The van der Waals surface area contributed by atoms with Gasteiger partial charge in [0.1, 0.15) is 5.41 Å². The Labute approximate surface area is 112 Å². The van der Waals surface area contributed by atoms with Crippen LogP contribution in [0.15, 0.2) is 5.16 Å². The molecule has 0 saturated heterocycles. The predicted octanol–water partition coefficient (Wildman–Crippen LogP) is -0.129. The lowest BCUT2D eigenvalue weighted by atomic mass is 9.61. The Morgan fingerprint density at radius 1 is 1.42 bits per heavy atom. The number of rotatable bonds is 5. The van der Waals surface area contributed by atoms with Crippen molar-refractivity contribution < 1.29 is 14.8 Å². The molecular weight excluding hydrogens is 248 g/mol. The summed E-state index contributed by atoms with van der Waals surface area (Å²) in [5.41, 5.74) is 9.85. The first-order valence-corrected chi connectivity index (χ1v) is 6.32. The molecule has 7 nitrogen and oxygen atoms in total. The number of nitrogens with two attached hydrogens (primary N) is 2. The van der Waals surface area contributed by atoms with Gasteiger partial charge in [-0.15, -0.1) is 0 Å². The smallest absolute Gasteiger partial charge is 0.237 e. The van der Waals surface area contributed by atoms with E-state index in [1.54, 1.807) is 13.8 Å². The van der Waals surface area contributed by atoms with Crippen molar-refractivity contribution in [1.82, 2.24) is 4.90 Å². The van der Waals surface area contributed by atoms with E-state index in [0.29, 0.717) is 18.8 Å². The summed E-state index contributed by atoms with van der Waals surface area (Å²) in [6, 6.07) is -0.181. The predicted molar refractivity (Wildman–Crippen MR) is 70.3 cm³/mol. The maximum atomic E-state index is 12.6. The van der Waals surface area contributed by atoms with E-state index in [1.165, 1.54) is 4.90 Å². The van der Waals surface area contributed by atoms with Crippen LogP contribution in [0.3, 0.4) is 0 Å². The van der Waals surface area contributed by atoms with Crippen LogP contribution in [-0.4, -0.2) is 40.3 Å². The summed E-state index contributed by atoms with van der Waals surface area (Å²) in [6.07, 6.45) is 1.04. The molecule has 0 atom stereocenters. The molecule has 1 rings (SSSR count). The monoisotopic (exact) mass is 270 g/mol. The molecule has 0 unspecified atom stereocenters. The standard InChI is InChI=1S/C12H22N4O3/c1-7(2)16(6-9(13)17)11(18)12(10(14)15-19)4-8(3)5-12/h7-8,19H,4-6H2,1-3H3,(H2,13,17)(H2,14,15). The highest BCUT2D eigenvalue weighted by atomic mass is 16.4. The fraction of sp³-hybridized carbons (Fsp3) is 0.750. The van der Waals surface area contributed by atoms with E-state index >= 15 is 0 Å². The average molecular weight is 270 g/mol. The van der Waals surface area contributed by atoms with E-state index in [0.717, 1.165) is 0 Å². The summed E-state index contributed by atoms with van der Waals surface area (Å²) >= 11 is 0. The largest absolute Gasteiger partial charge is 0.409 e. The van der Waals surface area contributed by atoms with Crippen LogP contribution in [0, 0.1) is 11.3 Å². The van der Waals surface area contributed by atoms with Crippen LogP contribution in [0.4, 0.5) is 0 Å². The van der Waals surface area contributed by atoms with Gasteiger partial charge >= 0.3 is 0 Å². The van der Waals surface area contributed by atoms with Crippen molar-refractivity contribution in [3.8, 4) is 0 Å². The minimum absolute atomic E-state index is 0.0919. The van der Waals surface area contributed by atoms with Crippen LogP contribution in [0.5, 0.6) is 0 Å². The van der Waals surface area contributed by atoms with Crippen molar-refractivity contribution in [2.75, 3.05) is 6.54 Å². The van der Waals surface area contributed by atoms with Crippen LogP contribution in [0.2, 0.25) is 0 Å². The molecule has 19 heavy (non-hydrogen) atoms. The minimum atomic E-state index is -0.992. The molecule has 0 bridgehead atoms. The fourth-order valence-corrected chi connectivity index (χ4v) is 2.65. The first-order chi connectivity index (χ1) is 8.74. The minimum Gasteiger partial charge on any atom is -0.409 e. The lowest BCUT2D eigenvalue weighted by Crippen LogP contribution is -2.60. The van der Waals surface area contributed by atoms with E-state index in [9.17, 15) is 9.59 Å². The van der Waals surface area contributed by atoms with Crippen LogP contribution in [-0.2, 0) is 9.59 Å². The van der Waals surface area contributed by atoms with Gasteiger partial charge in [0.05, 0.1) is 6.54 Å². The van der Waals surface area contributed by atoms with Gasteiger partial charge in [0.25, 0.3) is 0 Å². The van der Waals surface area contributed by atoms with Gasteiger partial charge in [0.15, 0.2) is 5.84 Å². The van der Waals surface area contributed by atoms with E-state index in [2.05, 4.69) is 5.16 Å². The summed E-state index contributed by atoms with van der Waals surface area (Å²) in [5.74, 6) is -0.642. The van der Waals surface area contributed by atoms with Crippen molar-refractivity contribution in [3.05, 3.63) is 0 Å². The third-order valence-electron chi connectivity index (χ3n) is 3.61. The van der Waals surface area contributed by atoms with Crippen molar-refractivity contribution in [2.24, 2.45) is 28.0 Å². The molecule has 0 heterocycles. The molecule has 0 aliphatic heterocycles. The van der Waals surface area contributed by atoms with Gasteiger partial charge in [-0.2, -0.15) is 0 Å². The van der Waals surface area contributed by atoms with Gasteiger partial charge in [0, 0.05) is 6.04 Å². The normalized spacial score (nSPS) is 26.9. The van der Waals surface area contributed by atoms with Gasteiger partial charge in [-0.25, -0.2) is 0 Å². The number of amidine groups is 1. The zero-order chi connectivity index (χ0) is 14.8. The maximum Gasteiger partial charge on any atom is 0.237 e. The van der Waals surface area contributed by atoms with Gasteiger partial charge in [0.2, 0.25) is 11.8 Å².